The van der Waals surface area contributed by atoms with E-state index in [9.17, 15) is 14.7 Å². The number of nitrogens with zero attached hydrogens (tertiary/aromatic N) is 1. The van der Waals surface area contributed by atoms with Gasteiger partial charge < -0.3 is 9.84 Å². The topological polar surface area (TPSA) is 68.5 Å². The Morgan fingerprint density at radius 2 is 1.91 bits per heavy atom. The first kappa shape index (κ1) is 14.6. The molecular weight excluding hydrogens is 282 g/mol. The third kappa shape index (κ3) is 2.71. The Kier molecular flexibility index (Phi) is 3.24. The summed E-state index contributed by atoms with van der Waals surface area (Å²) < 4.78 is 6.47. The molecule has 1 aliphatic rings. The molecule has 0 unspecified atom stereocenters. The minimum absolute atomic E-state index is 0.0720. The minimum Gasteiger partial charge on any atom is -0.477 e. The third-order valence-electron chi connectivity index (χ3n) is 3.67. The molecular formula is C17H19NO4. The number of rotatable bonds is 2. The van der Waals surface area contributed by atoms with Gasteiger partial charge in [0.2, 0.25) is 0 Å². The zero-order valence-electron chi connectivity index (χ0n) is 12.9. The molecule has 1 saturated carbocycles. The number of aromatic carboxylic acids is 1. The zero-order chi connectivity index (χ0) is 16.1. The Hall–Kier alpha value is -2.30. The van der Waals surface area contributed by atoms with Crippen LogP contribution in [-0.2, 0) is 4.74 Å². The van der Waals surface area contributed by atoms with Crippen molar-refractivity contribution in [3.8, 4) is 0 Å². The summed E-state index contributed by atoms with van der Waals surface area (Å²) in [6.07, 6.45) is 1.67. The van der Waals surface area contributed by atoms with Gasteiger partial charge in [-0.25, -0.2) is 14.2 Å². The highest BCUT2D eigenvalue weighted by atomic mass is 16.6. The molecule has 0 saturated heterocycles. The summed E-state index contributed by atoms with van der Waals surface area (Å²) in [5.41, 5.74) is 1.01. The van der Waals surface area contributed by atoms with E-state index in [0.29, 0.717) is 11.4 Å². The average Bonchev–Trinajstić information content (AvgIpc) is 3.15. The van der Waals surface area contributed by atoms with E-state index < -0.39 is 17.7 Å². The highest BCUT2D eigenvalue weighted by Gasteiger charge is 2.27. The Bertz CT molecular complexity index is 763. The summed E-state index contributed by atoms with van der Waals surface area (Å²) in [6.45, 7) is 5.26. The van der Waals surface area contributed by atoms with Crippen LogP contribution in [0.4, 0.5) is 4.79 Å². The molecule has 0 amide bonds. The maximum Gasteiger partial charge on any atom is 0.419 e. The Morgan fingerprint density at radius 3 is 2.45 bits per heavy atom. The molecule has 0 bridgehead atoms. The van der Waals surface area contributed by atoms with Crippen LogP contribution in [0, 0.1) is 0 Å². The van der Waals surface area contributed by atoms with Gasteiger partial charge in [-0.1, -0.05) is 6.07 Å². The standard InChI is InChI=1S/C17H19NO4/c1-17(2,3)22-16(21)18-13-7-6-11(10-4-5-10)8-12(13)9-14(18)15(19)20/h6-10H,4-5H2,1-3H3,(H,19,20). The Morgan fingerprint density at radius 1 is 1.23 bits per heavy atom. The number of carboxylic acids is 1. The van der Waals surface area contributed by atoms with Crippen molar-refractivity contribution in [1.82, 2.24) is 4.57 Å². The van der Waals surface area contributed by atoms with E-state index in [1.54, 1.807) is 26.8 Å². The van der Waals surface area contributed by atoms with Crippen LogP contribution in [0.1, 0.15) is 55.6 Å². The number of carbonyl (C=O) groups is 2. The Labute approximate surface area is 128 Å². The maximum atomic E-state index is 12.4. The first-order valence-electron chi connectivity index (χ1n) is 7.38. The first-order valence-corrected chi connectivity index (χ1v) is 7.38. The summed E-state index contributed by atoms with van der Waals surface area (Å²) in [5.74, 6) is -0.572. The monoisotopic (exact) mass is 301 g/mol. The molecule has 2 aromatic rings. The number of hydrogen-bond donors (Lipinski definition) is 1. The van der Waals surface area contributed by atoms with Crippen LogP contribution < -0.4 is 0 Å². The predicted molar refractivity (Wildman–Crippen MR) is 82.5 cm³/mol. The van der Waals surface area contributed by atoms with Gasteiger partial charge in [-0.3, -0.25) is 0 Å². The van der Waals surface area contributed by atoms with E-state index in [2.05, 4.69) is 0 Å². The SMILES string of the molecule is CC(C)(C)OC(=O)n1c(C(=O)O)cc2cc(C3CC3)ccc21. The van der Waals surface area contributed by atoms with Crippen molar-refractivity contribution in [2.75, 3.05) is 0 Å². The second-order valence-corrected chi connectivity index (χ2v) is 6.74. The van der Waals surface area contributed by atoms with Crippen molar-refractivity contribution in [3.63, 3.8) is 0 Å². The van der Waals surface area contributed by atoms with Gasteiger partial charge in [0.1, 0.15) is 11.3 Å². The second kappa shape index (κ2) is 4.87. The van der Waals surface area contributed by atoms with Gasteiger partial charge in [0.15, 0.2) is 0 Å². The van der Waals surface area contributed by atoms with Gasteiger partial charge in [-0.15, -0.1) is 0 Å². The van der Waals surface area contributed by atoms with Crippen LogP contribution in [0.3, 0.4) is 0 Å². The lowest BCUT2D eigenvalue weighted by Gasteiger charge is -2.20. The molecule has 22 heavy (non-hydrogen) atoms. The summed E-state index contributed by atoms with van der Waals surface area (Å²) in [7, 11) is 0. The number of aromatic nitrogens is 1. The molecule has 1 N–H and O–H groups in total. The van der Waals surface area contributed by atoms with Gasteiger partial charge in [0.05, 0.1) is 5.52 Å². The molecule has 1 heterocycles. The van der Waals surface area contributed by atoms with E-state index in [1.165, 1.54) is 24.5 Å². The molecule has 0 aliphatic heterocycles. The molecule has 0 spiro atoms. The van der Waals surface area contributed by atoms with E-state index in [4.69, 9.17) is 4.74 Å². The van der Waals surface area contributed by atoms with Crippen molar-refractivity contribution >= 4 is 23.0 Å². The summed E-state index contributed by atoms with van der Waals surface area (Å²) in [6, 6.07) is 7.28. The van der Waals surface area contributed by atoms with Crippen LogP contribution in [0.25, 0.3) is 10.9 Å². The molecule has 1 aromatic heterocycles. The van der Waals surface area contributed by atoms with Gasteiger partial charge in [0, 0.05) is 5.39 Å². The molecule has 0 atom stereocenters. The fourth-order valence-electron chi connectivity index (χ4n) is 2.57. The van der Waals surface area contributed by atoms with Crippen LogP contribution in [0.2, 0.25) is 0 Å². The Balaban J connectivity index is 2.11. The minimum atomic E-state index is -1.14. The van der Waals surface area contributed by atoms with E-state index in [1.807, 2.05) is 12.1 Å². The number of carboxylic acid groups (broad SMARTS) is 1. The molecule has 3 rings (SSSR count). The van der Waals surface area contributed by atoms with Crippen LogP contribution in [-0.4, -0.2) is 27.3 Å². The summed E-state index contributed by atoms with van der Waals surface area (Å²) in [5, 5.41) is 10.1. The lowest BCUT2D eigenvalue weighted by atomic mass is 10.1. The molecule has 1 aromatic carbocycles. The second-order valence-electron chi connectivity index (χ2n) is 6.74. The van der Waals surface area contributed by atoms with Crippen molar-refractivity contribution in [2.45, 2.75) is 45.1 Å². The van der Waals surface area contributed by atoms with Crippen molar-refractivity contribution in [3.05, 3.63) is 35.5 Å². The summed E-state index contributed by atoms with van der Waals surface area (Å²) >= 11 is 0. The highest BCUT2D eigenvalue weighted by molar-refractivity contribution is 6.01. The fourth-order valence-corrected chi connectivity index (χ4v) is 2.57. The van der Waals surface area contributed by atoms with Crippen LogP contribution in [0.15, 0.2) is 24.3 Å². The number of benzene rings is 1. The van der Waals surface area contributed by atoms with Gasteiger partial charge in [-0.2, -0.15) is 0 Å². The van der Waals surface area contributed by atoms with Gasteiger partial charge >= 0.3 is 12.1 Å². The van der Waals surface area contributed by atoms with Crippen molar-refractivity contribution in [2.24, 2.45) is 0 Å². The highest BCUT2D eigenvalue weighted by Crippen LogP contribution is 2.41. The largest absolute Gasteiger partial charge is 0.477 e. The normalized spacial score (nSPS) is 15.0. The first-order chi connectivity index (χ1) is 10.3. The zero-order valence-corrected chi connectivity index (χ0v) is 12.9. The number of carbonyl (C=O) groups excluding carboxylic acids is 1. The average molecular weight is 301 g/mol. The summed E-state index contributed by atoms with van der Waals surface area (Å²) in [4.78, 5) is 23.8. The molecule has 5 nitrogen and oxygen atoms in total. The van der Waals surface area contributed by atoms with Crippen LogP contribution >= 0.6 is 0 Å². The third-order valence-corrected chi connectivity index (χ3v) is 3.67. The lowest BCUT2D eigenvalue weighted by molar-refractivity contribution is 0.0513. The molecule has 5 heteroatoms. The van der Waals surface area contributed by atoms with E-state index in [0.717, 1.165) is 9.95 Å². The number of fused-ring (bicyclic) bond motifs is 1. The lowest BCUT2D eigenvalue weighted by Crippen LogP contribution is -2.28. The quantitative estimate of drug-likeness (QED) is 0.910. The van der Waals surface area contributed by atoms with Gasteiger partial charge in [-0.05, 0) is 63.3 Å². The smallest absolute Gasteiger partial charge is 0.419 e. The molecule has 1 fully saturated rings. The van der Waals surface area contributed by atoms with Gasteiger partial charge in [0.25, 0.3) is 0 Å². The van der Waals surface area contributed by atoms with Crippen molar-refractivity contribution < 1.29 is 19.4 Å². The van der Waals surface area contributed by atoms with E-state index >= 15 is 0 Å². The number of ether oxygens (including phenoxy) is 1. The van der Waals surface area contributed by atoms with Crippen LogP contribution in [0.5, 0.6) is 0 Å². The predicted octanol–water partition coefficient (Wildman–Crippen LogP) is 4.00. The fraction of sp³-hybridized carbons (Fsp3) is 0.412. The van der Waals surface area contributed by atoms with E-state index in [-0.39, 0.29) is 5.69 Å². The molecule has 0 radical (unpaired) electrons. The maximum absolute atomic E-state index is 12.4. The molecule has 1 aliphatic carbocycles. The van der Waals surface area contributed by atoms with Crippen molar-refractivity contribution in [1.29, 1.82) is 0 Å². The number of hydrogen-bond acceptors (Lipinski definition) is 3. The molecule has 116 valence electrons.